The van der Waals surface area contributed by atoms with Gasteiger partial charge in [-0.1, -0.05) is 12.1 Å². The summed E-state index contributed by atoms with van der Waals surface area (Å²) in [5, 5.41) is 11.0. The number of methoxy groups -OCH3 is 1. The van der Waals surface area contributed by atoms with E-state index in [1.165, 1.54) is 37.1 Å². The van der Waals surface area contributed by atoms with Gasteiger partial charge in [-0.3, -0.25) is 0 Å². The van der Waals surface area contributed by atoms with Crippen LogP contribution in [0.4, 0.5) is 0 Å². The van der Waals surface area contributed by atoms with Crippen LogP contribution in [-0.4, -0.2) is 39.5 Å². The van der Waals surface area contributed by atoms with E-state index < -0.39 is 22.0 Å². The Bertz CT molecular complexity index is 559. The van der Waals surface area contributed by atoms with E-state index in [1.807, 2.05) is 0 Å². The molecule has 0 saturated heterocycles. The molecule has 0 spiro atoms. The summed E-state index contributed by atoms with van der Waals surface area (Å²) in [6.07, 6.45) is 1.96. The van der Waals surface area contributed by atoms with Crippen LogP contribution in [0.2, 0.25) is 0 Å². The molecule has 6 nitrogen and oxygen atoms in total. The summed E-state index contributed by atoms with van der Waals surface area (Å²) in [7, 11) is -2.64. The molecule has 0 heterocycles. The first-order chi connectivity index (χ1) is 9.42. The zero-order valence-electron chi connectivity index (χ0n) is 11.2. The Balaban J connectivity index is 3.00. The minimum Gasteiger partial charge on any atom is -0.548 e. The molecule has 1 aromatic carbocycles. The molecular formula is C12H16NO5S2-. The summed E-state index contributed by atoms with van der Waals surface area (Å²) in [6.45, 7) is 0. The van der Waals surface area contributed by atoms with Gasteiger partial charge in [0.2, 0.25) is 10.0 Å². The number of hydrogen-bond donors (Lipinski definition) is 1. The van der Waals surface area contributed by atoms with Crippen molar-refractivity contribution < 1.29 is 23.1 Å². The fraction of sp³-hybridized carbons (Fsp3) is 0.417. The van der Waals surface area contributed by atoms with E-state index in [4.69, 9.17) is 4.74 Å². The molecule has 0 saturated carbocycles. The highest BCUT2D eigenvalue weighted by Gasteiger charge is 2.23. The molecule has 1 atom stereocenters. The average Bonchev–Trinajstić information content (AvgIpc) is 2.43. The number of aliphatic carboxylic acids is 1. The van der Waals surface area contributed by atoms with Gasteiger partial charge in [0, 0.05) is 0 Å². The Kier molecular flexibility index (Phi) is 6.31. The molecule has 1 rings (SSSR count). The van der Waals surface area contributed by atoms with Crippen molar-refractivity contribution in [1.29, 1.82) is 0 Å². The Labute approximate surface area is 122 Å². The summed E-state index contributed by atoms with van der Waals surface area (Å²) in [5.41, 5.74) is 0. The number of sulfonamides is 1. The number of ether oxygens (including phenoxy) is 1. The van der Waals surface area contributed by atoms with Gasteiger partial charge >= 0.3 is 0 Å². The lowest BCUT2D eigenvalue weighted by Crippen LogP contribution is -2.48. The van der Waals surface area contributed by atoms with Gasteiger partial charge < -0.3 is 14.6 Å². The van der Waals surface area contributed by atoms with E-state index in [-0.39, 0.29) is 17.1 Å². The number of carboxylic acids is 1. The lowest BCUT2D eigenvalue weighted by molar-refractivity contribution is -0.308. The van der Waals surface area contributed by atoms with Crippen LogP contribution in [-0.2, 0) is 14.8 Å². The molecule has 0 aliphatic rings. The topological polar surface area (TPSA) is 95.5 Å². The predicted molar refractivity (Wildman–Crippen MR) is 75.1 cm³/mol. The quantitative estimate of drug-likeness (QED) is 0.716. The number of nitrogens with one attached hydrogen (secondary N) is 1. The molecule has 1 aromatic rings. The van der Waals surface area contributed by atoms with Gasteiger partial charge in [0.15, 0.2) is 0 Å². The largest absolute Gasteiger partial charge is 0.548 e. The van der Waals surface area contributed by atoms with Gasteiger partial charge in [-0.05, 0) is 30.6 Å². The SMILES string of the molecule is COc1ccccc1S(=O)(=O)N[C@@H](CCSC)C(=O)[O-]. The Morgan fingerprint density at radius 3 is 2.65 bits per heavy atom. The number of thioether (sulfide) groups is 1. The first-order valence-electron chi connectivity index (χ1n) is 5.77. The maximum absolute atomic E-state index is 12.2. The molecule has 0 bridgehead atoms. The van der Waals surface area contributed by atoms with Crippen molar-refractivity contribution in [3.8, 4) is 5.75 Å². The van der Waals surface area contributed by atoms with Gasteiger partial charge in [0.1, 0.15) is 10.6 Å². The first-order valence-corrected chi connectivity index (χ1v) is 8.65. The monoisotopic (exact) mass is 318 g/mol. The van der Waals surface area contributed by atoms with Crippen molar-refractivity contribution in [1.82, 2.24) is 4.72 Å². The maximum Gasteiger partial charge on any atom is 0.244 e. The smallest absolute Gasteiger partial charge is 0.244 e. The minimum atomic E-state index is -3.98. The van der Waals surface area contributed by atoms with E-state index in [1.54, 1.807) is 12.3 Å². The highest BCUT2D eigenvalue weighted by Crippen LogP contribution is 2.23. The molecular weight excluding hydrogens is 302 g/mol. The number of benzene rings is 1. The summed E-state index contributed by atoms with van der Waals surface area (Å²) < 4.78 is 31.5. The molecule has 0 aromatic heterocycles. The Morgan fingerprint density at radius 1 is 1.45 bits per heavy atom. The van der Waals surface area contributed by atoms with Crippen molar-refractivity contribution >= 4 is 27.8 Å². The first kappa shape index (κ1) is 16.8. The van der Waals surface area contributed by atoms with E-state index in [9.17, 15) is 18.3 Å². The van der Waals surface area contributed by atoms with Crippen LogP contribution in [0.15, 0.2) is 29.2 Å². The van der Waals surface area contributed by atoms with Crippen LogP contribution in [0.3, 0.4) is 0 Å². The van der Waals surface area contributed by atoms with Gasteiger partial charge in [0.25, 0.3) is 0 Å². The van der Waals surface area contributed by atoms with Crippen LogP contribution in [0.25, 0.3) is 0 Å². The molecule has 1 N–H and O–H groups in total. The van der Waals surface area contributed by atoms with Crippen LogP contribution >= 0.6 is 11.8 Å². The Morgan fingerprint density at radius 2 is 2.10 bits per heavy atom. The van der Waals surface area contributed by atoms with Crippen LogP contribution in [0, 0.1) is 0 Å². The van der Waals surface area contributed by atoms with Crippen molar-refractivity contribution in [3.05, 3.63) is 24.3 Å². The molecule has 0 radical (unpaired) electrons. The van der Waals surface area contributed by atoms with Crippen molar-refractivity contribution in [2.45, 2.75) is 17.4 Å². The highest BCUT2D eigenvalue weighted by molar-refractivity contribution is 7.98. The number of hydrogen-bond acceptors (Lipinski definition) is 6. The molecule has 0 fully saturated rings. The number of carbonyl (C=O) groups is 1. The van der Waals surface area contributed by atoms with Gasteiger partial charge in [-0.25, -0.2) is 13.1 Å². The lowest BCUT2D eigenvalue weighted by Gasteiger charge is -2.20. The molecule has 112 valence electrons. The second-order valence-electron chi connectivity index (χ2n) is 3.93. The third kappa shape index (κ3) is 4.39. The molecule has 0 unspecified atom stereocenters. The minimum absolute atomic E-state index is 0.0992. The molecule has 8 heteroatoms. The van der Waals surface area contributed by atoms with Crippen molar-refractivity contribution in [3.63, 3.8) is 0 Å². The van der Waals surface area contributed by atoms with Gasteiger partial charge in [-0.15, -0.1) is 0 Å². The van der Waals surface area contributed by atoms with Crippen LogP contribution in [0.5, 0.6) is 5.75 Å². The highest BCUT2D eigenvalue weighted by atomic mass is 32.2. The lowest BCUT2D eigenvalue weighted by atomic mass is 10.2. The van der Waals surface area contributed by atoms with E-state index in [0.29, 0.717) is 5.75 Å². The number of para-hydroxylation sites is 1. The van der Waals surface area contributed by atoms with Crippen LogP contribution in [0.1, 0.15) is 6.42 Å². The van der Waals surface area contributed by atoms with Crippen molar-refractivity contribution in [2.75, 3.05) is 19.1 Å². The zero-order chi connectivity index (χ0) is 15.2. The van der Waals surface area contributed by atoms with Gasteiger partial charge in [-0.2, -0.15) is 11.8 Å². The molecule has 0 aliphatic carbocycles. The average molecular weight is 318 g/mol. The van der Waals surface area contributed by atoms with Gasteiger partial charge in [0.05, 0.1) is 19.1 Å². The third-order valence-electron chi connectivity index (χ3n) is 2.55. The predicted octanol–water partition coefficient (Wildman–Crippen LogP) is -0.155. The Hall–Kier alpha value is -1.25. The van der Waals surface area contributed by atoms with Crippen molar-refractivity contribution in [2.24, 2.45) is 0 Å². The number of rotatable bonds is 8. The second kappa shape index (κ2) is 7.51. The molecule has 0 amide bonds. The second-order valence-corrected chi connectivity index (χ2v) is 6.59. The van der Waals surface area contributed by atoms with E-state index in [2.05, 4.69) is 4.72 Å². The zero-order valence-corrected chi connectivity index (χ0v) is 12.8. The summed E-state index contributed by atoms with van der Waals surface area (Å²) in [5.74, 6) is -0.785. The maximum atomic E-state index is 12.2. The van der Waals surface area contributed by atoms with E-state index >= 15 is 0 Å². The molecule has 0 aliphatic heterocycles. The molecule has 20 heavy (non-hydrogen) atoms. The normalized spacial score (nSPS) is 12.9. The summed E-state index contributed by atoms with van der Waals surface area (Å²) >= 11 is 1.43. The number of carboxylic acid groups (broad SMARTS) is 1. The fourth-order valence-electron chi connectivity index (χ4n) is 1.55. The number of carbonyl (C=O) groups excluding carboxylic acids is 1. The summed E-state index contributed by atoms with van der Waals surface area (Å²) in [6, 6.07) is 4.74. The standard InChI is InChI=1S/C12H17NO5S2/c1-18-10-5-3-4-6-11(10)20(16,17)13-9(12(14)15)7-8-19-2/h3-6,9,13H,7-8H2,1-2H3,(H,14,15)/p-1/t9-/m0/s1. The van der Waals surface area contributed by atoms with Crippen LogP contribution < -0.4 is 14.6 Å². The van der Waals surface area contributed by atoms with E-state index in [0.717, 1.165) is 0 Å². The summed E-state index contributed by atoms with van der Waals surface area (Å²) in [4.78, 5) is 10.9. The fourth-order valence-corrected chi connectivity index (χ4v) is 3.41. The third-order valence-corrected chi connectivity index (χ3v) is 4.71.